The highest BCUT2D eigenvalue weighted by atomic mass is 19.1. The monoisotopic (exact) mass is 243 g/mol. The Hall–Kier alpha value is -1.00. The minimum absolute atomic E-state index is 0.0920. The van der Waals surface area contributed by atoms with E-state index in [1.165, 1.54) is 0 Å². The molecule has 1 aromatic rings. The minimum atomic E-state index is -0.770. The predicted octanol–water partition coefficient (Wildman–Crippen LogP) is 2.21. The van der Waals surface area contributed by atoms with E-state index in [-0.39, 0.29) is 12.0 Å². The summed E-state index contributed by atoms with van der Waals surface area (Å²) in [6.07, 6.45) is -0.678. The summed E-state index contributed by atoms with van der Waals surface area (Å²) >= 11 is 0. The highest BCUT2D eigenvalue weighted by molar-refractivity contribution is 5.20. The molecule has 1 unspecified atom stereocenters. The van der Waals surface area contributed by atoms with Crippen molar-refractivity contribution in [2.45, 2.75) is 31.9 Å². The van der Waals surface area contributed by atoms with Crippen LogP contribution in [0.5, 0.6) is 0 Å². The number of aliphatic hydroxyl groups excluding tert-OH is 1. The van der Waals surface area contributed by atoms with E-state index in [4.69, 9.17) is 0 Å². The molecule has 0 bridgehead atoms. The minimum Gasteiger partial charge on any atom is -0.391 e. The number of rotatable bonds is 4. The largest absolute Gasteiger partial charge is 0.391 e. The van der Waals surface area contributed by atoms with E-state index in [2.05, 4.69) is 0 Å². The van der Waals surface area contributed by atoms with Crippen molar-refractivity contribution in [2.24, 2.45) is 0 Å². The van der Waals surface area contributed by atoms with E-state index in [1.54, 1.807) is 0 Å². The van der Waals surface area contributed by atoms with E-state index >= 15 is 0 Å². The van der Waals surface area contributed by atoms with Crippen LogP contribution in [-0.4, -0.2) is 35.7 Å². The molecule has 96 valence electrons. The highest BCUT2D eigenvalue weighted by Gasteiger charge is 2.30. The van der Waals surface area contributed by atoms with Gasteiger partial charge in [-0.2, -0.15) is 0 Å². The number of hydrogen-bond donors (Lipinski definition) is 1. The molecule has 2 nitrogen and oxygen atoms in total. The van der Waals surface area contributed by atoms with Gasteiger partial charge >= 0.3 is 0 Å². The number of aliphatic hydroxyl groups is 1. The average molecular weight is 243 g/mol. The maximum Gasteiger partial charge on any atom is 0.126 e. The van der Waals surface area contributed by atoms with Crippen LogP contribution >= 0.6 is 0 Å². The first-order chi connectivity index (χ1) is 7.75. The molecule has 0 spiro atoms. The Morgan fingerprint density at radius 1 is 1.29 bits per heavy atom. The molecule has 1 aromatic carbocycles. The maximum atomic E-state index is 13.4. The second-order valence-electron chi connectivity index (χ2n) is 5.00. The fraction of sp³-hybridized carbons (Fsp3) is 0.538. The van der Waals surface area contributed by atoms with E-state index in [0.29, 0.717) is 0 Å². The zero-order chi connectivity index (χ0) is 13.2. The molecule has 0 radical (unpaired) electrons. The molecule has 0 heterocycles. The molecule has 0 aliphatic rings. The summed E-state index contributed by atoms with van der Waals surface area (Å²) in [7, 11) is 3.68. The lowest BCUT2D eigenvalue weighted by Gasteiger charge is -2.37. The van der Waals surface area contributed by atoms with Gasteiger partial charge in [0.15, 0.2) is 0 Å². The summed E-state index contributed by atoms with van der Waals surface area (Å²) in [6, 6.07) is 3.28. The Kier molecular flexibility index (Phi) is 4.22. The normalized spacial score (nSPS) is 14.1. The highest BCUT2D eigenvalue weighted by Crippen LogP contribution is 2.21. The first kappa shape index (κ1) is 14.1. The van der Waals surface area contributed by atoms with Crippen LogP contribution in [0.1, 0.15) is 19.4 Å². The van der Waals surface area contributed by atoms with Gasteiger partial charge in [0.1, 0.15) is 11.6 Å². The number of nitrogens with zero attached hydrogens (tertiary/aromatic N) is 1. The molecular weight excluding hydrogens is 224 g/mol. The lowest BCUT2D eigenvalue weighted by Crippen LogP contribution is -2.49. The molecule has 0 saturated heterocycles. The topological polar surface area (TPSA) is 23.5 Å². The molecule has 0 amide bonds. The van der Waals surface area contributed by atoms with Crippen LogP contribution < -0.4 is 0 Å². The van der Waals surface area contributed by atoms with Crippen LogP contribution in [0.3, 0.4) is 0 Å². The van der Waals surface area contributed by atoms with Gasteiger partial charge in [0, 0.05) is 12.0 Å². The Morgan fingerprint density at radius 3 is 2.41 bits per heavy atom. The van der Waals surface area contributed by atoms with Gasteiger partial charge < -0.3 is 10.0 Å². The van der Waals surface area contributed by atoms with Crippen molar-refractivity contribution in [3.8, 4) is 0 Å². The van der Waals surface area contributed by atoms with Gasteiger partial charge in [-0.1, -0.05) is 0 Å². The maximum absolute atomic E-state index is 13.4. The summed E-state index contributed by atoms with van der Waals surface area (Å²) in [5.41, 5.74) is -0.300. The summed E-state index contributed by atoms with van der Waals surface area (Å²) < 4.78 is 26.4. The standard InChI is InChI=1S/C13H19F2NO/c1-13(2,16(3)4)12(17)8-9-7-10(14)5-6-11(9)15/h5-7,12,17H,8H2,1-4H3. The van der Waals surface area contributed by atoms with Crippen LogP contribution in [0.15, 0.2) is 18.2 Å². The molecule has 4 heteroatoms. The van der Waals surface area contributed by atoms with Crippen LogP contribution in [-0.2, 0) is 6.42 Å². The first-order valence-corrected chi connectivity index (χ1v) is 5.54. The van der Waals surface area contributed by atoms with E-state index in [1.807, 2.05) is 32.8 Å². The van der Waals surface area contributed by atoms with Crippen molar-refractivity contribution >= 4 is 0 Å². The number of likely N-dealkylation sites (N-methyl/N-ethyl adjacent to an activating group) is 1. The lowest BCUT2D eigenvalue weighted by molar-refractivity contribution is 0.0177. The molecular formula is C13H19F2NO. The fourth-order valence-electron chi connectivity index (χ4n) is 1.46. The Morgan fingerprint density at radius 2 is 1.88 bits per heavy atom. The molecule has 17 heavy (non-hydrogen) atoms. The molecule has 1 rings (SSSR count). The third-order valence-corrected chi connectivity index (χ3v) is 3.39. The van der Waals surface area contributed by atoms with Crippen molar-refractivity contribution in [3.63, 3.8) is 0 Å². The quantitative estimate of drug-likeness (QED) is 0.876. The Bertz CT molecular complexity index is 391. The van der Waals surface area contributed by atoms with Crippen molar-refractivity contribution < 1.29 is 13.9 Å². The molecule has 0 saturated carbocycles. The smallest absolute Gasteiger partial charge is 0.126 e. The van der Waals surface area contributed by atoms with Gasteiger partial charge in [-0.15, -0.1) is 0 Å². The van der Waals surface area contributed by atoms with E-state index in [0.717, 1.165) is 18.2 Å². The van der Waals surface area contributed by atoms with Gasteiger partial charge in [0.05, 0.1) is 6.10 Å². The number of hydrogen-bond acceptors (Lipinski definition) is 2. The van der Waals surface area contributed by atoms with Crippen LogP contribution in [0.4, 0.5) is 8.78 Å². The number of halogens is 2. The van der Waals surface area contributed by atoms with Crippen molar-refractivity contribution in [1.29, 1.82) is 0 Å². The third-order valence-electron chi connectivity index (χ3n) is 3.39. The van der Waals surface area contributed by atoms with Gasteiger partial charge in [-0.3, -0.25) is 0 Å². The lowest BCUT2D eigenvalue weighted by atomic mass is 9.90. The molecule has 0 fully saturated rings. The van der Waals surface area contributed by atoms with E-state index < -0.39 is 23.3 Å². The molecule has 1 atom stereocenters. The summed E-state index contributed by atoms with van der Waals surface area (Å²) in [6.45, 7) is 3.71. The SMILES string of the molecule is CN(C)C(C)(C)C(O)Cc1cc(F)ccc1F. The zero-order valence-corrected chi connectivity index (χ0v) is 10.7. The van der Waals surface area contributed by atoms with Gasteiger partial charge in [0.25, 0.3) is 0 Å². The first-order valence-electron chi connectivity index (χ1n) is 5.54. The second-order valence-corrected chi connectivity index (χ2v) is 5.00. The van der Waals surface area contributed by atoms with Crippen LogP contribution in [0.2, 0.25) is 0 Å². The van der Waals surface area contributed by atoms with Crippen molar-refractivity contribution in [3.05, 3.63) is 35.4 Å². The van der Waals surface area contributed by atoms with Crippen LogP contribution in [0.25, 0.3) is 0 Å². The van der Waals surface area contributed by atoms with Crippen molar-refractivity contribution in [2.75, 3.05) is 14.1 Å². The molecule has 0 aliphatic heterocycles. The number of benzene rings is 1. The second kappa shape index (κ2) is 5.10. The third kappa shape index (κ3) is 3.23. The summed E-state index contributed by atoms with van der Waals surface area (Å²) in [4.78, 5) is 1.86. The molecule has 0 aliphatic carbocycles. The van der Waals surface area contributed by atoms with E-state index in [9.17, 15) is 13.9 Å². The average Bonchev–Trinajstić information content (AvgIpc) is 2.23. The zero-order valence-electron chi connectivity index (χ0n) is 10.7. The summed E-state index contributed by atoms with van der Waals surface area (Å²) in [5.74, 6) is -0.976. The predicted molar refractivity (Wildman–Crippen MR) is 63.8 cm³/mol. The van der Waals surface area contributed by atoms with Gasteiger partial charge in [-0.25, -0.2) is 8.78 Å². The summed E-state index contributed by atoms with van der Waals surface area (Å²) in [5, 5.41) is 10.1. The molecule has 1 N–H and O–H groups in total. The fourth-order valence-corrected chi connectivity index (χ4v) is 1.46. The van der Waals surface area contributed by atoms with Crippen molar-refractivity contribution in [1.82, 2.24) is 4.90 Å². The molecule has 0 aromatic heterocycles. The Labute approximate surface area is 101 Å². The van der Waals surface area contributed by atoms with Crippen LogP contribution in [0, 0.1) is 11.6 Å². The van der Waals surface area contributed by atoms with Gasteiger partial charge in [0.2, 0.25) is 0 Å². The van der Waals surface area contributed by atoms with Gasteiger partial charge in [-0.05, 0) is 51.7 Å². The Balaban J connectivity index is 2.88.